The van der Waals surface area contributed by atoms with E-state index in [1.54, 1.807) is 12.4 Å². The second kappa shape index (κ2) is 9.91. The van der Waals surface area contributed by atoms with Crippen LogP contribution in [0.1, 0.15) is 44.1 Å². The summed E-state index contributed by atoms with van der Waals surface area (Å²) in [4.78, 5) is 26.6. The Hall–Kier alpha value is -2.93. The third-order valence-electron chi connectivity index (χ3n) is 7.11. The minimum atomic E-state index is 0.235. The number of anilines is 1. The highest BCUT2D eigenvalue weighted by molar-refractivity contribution is 5.79. The lowest BCUT2D eigenvalue weighted by Crippen LogP contribution is -2.52. The van der Waals surface area contributed by atoms with Gasteiger partial charge in [0.1, 0.15) is 11.5 Å². The first kappa shape index (κ1) is 21.9. The fraction of sp³-hybridized carbons (Fsp3) is 0.500. The molecule has 0 unspecified atom stereocenters. The van der Waals surface area contributed by atoms with Crippen molar-refractivity contribution in [3.8, 4) is 11.3 Å². The molecule has 1 saturated heterocycles. The number of hydrogen-bond donors (Lipinski definition) is 1. The van der Waals surface area contributed by atoms with Crippen molar-refractivity contribution in [1.29, 1.82) is 0 Å². The van der Waals surface area contributed by atoms with Crippen molar-refractivity contribution in [2.75, 3.05) is 38.0 Å². The summed E-state index contributed by atoms with van der Waals surface area (Å²) in [6.45, 7) is 6.40. The van der Waals surface area contributed by atoms with Crippen LogP contribution in [-0.4, -0.2) is 68.8 Å². The van der Waals surface area contributed by atoms with E-state index in [2.05, 4.69) is 40.3 Å². The fourth-order valence-electron chi connectivity index (χ4n) is 5.30. The number of hydrogen-bond acceptors (Lipinski definition) is 5. The van der Waals surface area contributed by atoms with E-state index in [1.807, 2.05) is 21.6 Å². The molecule has 0 bridgehead atoms. The molecular formula is C26H34N6O. The number of amides is 1. The van der Waals surface area contributed by atoms with Crippen LogP contribution >= 0.6 is 0 Å². The van der Waals surface area contributed by atoms with E-state index < -0.39 is 0 Å². The fourth-order valence-corrected chi connectivity index (χ4v) is 5.30. The van der Waals surface area contributed by atoms with Gasteiger partial charge in [0.15, 0.2) is 5.65 Å². The van der Waals surface area contributed by atoms with Gasteiger partial charge in [0, 0.05) is 63.1 Å². The van der Waals surface area contributed by atoms with Gasteiger partial charge in [0.2, 0.25) is 5.91 Å². The Morgan fingerprint density at radius 3 is 2.73 bits per heavy atom. The van der Waals surface area contributed by atoms with Crippen LogP contribution in [0.5, 0.6) is 0 Å². The molecule has 7 nitrogen and oxygen atoms in total. The van der Waals surface area contributed by atoms with Gasteiger partial charge in [-0.1, -0.05) is 43.0 Å². The van der Waals surface area contributed by atoms with Gasteiger partial charge >= 0.3 is 0 Å². The molecule has 1 N–H and O–H groups in total. The molecule has 1 amide bonds. The van der Waals surface area contributed by atoms with Crippen LogP contribution in [0.15, 0.2) is 42.9 Å². The lowest BCUT2D eigenvalue weighted by Gasteiger charge is -2.40. The maximum atomic E-state index is 12.9. The predicted molar refractivity (Wildman–Crippen MR) is 131 cm³/mol. The van der Waals surface area contributed by atoms with Crippen molar-refractivity contribution in [3.05, 3.63) is 48.4 Å². The highest BCUT2D eigenvalue weighted by atomic mass is 16.2. The number of nitrogens with zero attached hydrogens (tertiary/aromatic N) is 5. The topological polar surface area (TPSA) is 65.8 Å². The number of imidazole rings is 1. The number of piperazine rings is 1. The first-order valence-corrected chi connectivity index (χ1v) is 12.3. The van der Waals surface area contributed by atoms with Crippen LogP contribution in [0, 0.1) is 6.92 Å². The van der Waals surface area contributed by atoms with Crippen molar-refractivity contribution in [2.24, 2.45) is 0 Å². The van der Waals surface area contributed by atoms with E-state index in [0.717, 1.165) is 54.9 Å². The van der Waals surface area contributed by atoms with E-state index in [0.29, 0.717) is 13.0 Å². The number of nitrogens with one attached hydrogen (secondary N) is 1. The van der Waals surface area contributed by atoms with Gasteiger partial charge in [-0.2, -0.15) is 0 Å². The van der Waals surface area contributed by atoms with E-state index >= 15 is 0 Å². The Morgan fingerprint density at radius 2 is 1.94 bits per heavy atom. The predicted octanol–water partition coefficient (Wildman–Crippen LogP) is 3.98. The van der Waals surface area contributed by atoms with Crippen molar-refractivity contribution in [1.82, 2.24) is 24.2 Å². The minimum absolute atomic E-state index is 0.235. The van der Waals surface area contributed by atoms with Crippen LogP contribution in [0.3, 0.4) is 0 Å². The molecule has 2 aliphatic rings. The van der Waals surface area contributed by atoms with Gasteiger partial charge in [-0.15, -0.1) is 0 Å². The van der Waals surface area contributed by atoms with Crippen LogP contribution in [0.4, 0.5) is 5.82 Å². The molecule has 3 aromatic rings. The summed E-state index contributed by atoms with van der Waals surface area (Å²) in [5.41, 5.74) is 3.93. The third kappa shape index (κ3) is 4.88. The maximum Gasteiger partial charge on any atom is 0.224 e. The number of carbonyl (C=O) groups is 1. The first-order chi connectivity index (χ1) is 16.2. The minimum Gasteiger partial charge on any atom is -0.369 e. The summed E-state index contributed by atoms with van der Waals surface area (Å²) >= 11 is 0. The summed E-state index contributed by atoms with van der Waals surface area (Å²) in [6, 6.07) is 9.08. The average molecular weight is 447 g/mol. The van der Waals surface area contributed by atoms with Crippen LogP contribution < -0.4 is 5.32 Å². The molecule has 3 heterocycles. The number of aromatic nitrogens is 3. The number of rotatable bonds is 6. The maximum absolute atomic E-state index is 12.9. The lowest BCUT2D eigenvalue weighted by atomic mass is 9.94. The first-order valence-electron chi connectivity index (χ1n) is 12.3. The molecule has 1 aliphatic carbocycles. The van der Waals surface area contributed by atoms with E-state index in [9.17, 15) is 4.79 Å². The molecule has 5 rings (SSSR count). The second-order valence-electron chi connectivity index (χ2n) is 9.37. The SMILES string of the molecule is Cc1cccc(-c2nc3cnccn3c2NCCC(=O)N2CCN(C3CCCCC3)CC2)c1. The van der Waals surface area contributed by atoms with Gasteiger partial charge in [0.05, 0.1) is 6.20 Å². The summed E-state index contributed by atoms with van der Waals surface area (Å²) in [5.74, 6) is 1.14. The normalized spacial score (nSPS) is 18.0. The van der Waals surface area contributed by atoms with E-state index in [4.69, 9.17) is 4.98 Å². The molecule has 1 aliphatic heterocycles. The van der Waals surface area contributed by atoms with Gasteiger partial charge in [-0.05, 0) is 25.8 Å². The number of carbonyl (C=O) groups excluding carboxylic acids is 1. The lowest BCUT2D eigenvalue weighted by molar-refractivity contribution is -0.133. The molecule has 0 atom stereocenters. The number of fused-ring (bicyclic) bond motifs is 1. The molecule has 33 heavy (non-hydrogen) atoms. The third-order valence-corrected chi connectivity index (χ3v) is 7.11. The molecule has 174 valence electrons. The quantitative estimate of drug-likeness (QED) is 0.620. The molecule has 0 spiro atoms. The molecule has 7 heteroatoms. The Morgan fingerprint density at radius 1 is 1.12 bits per heavy atom. The van der Waals surface area contributed by atoms with Crippen LogP contribution in [0.2, 0.25) is 0 Å². The van der Waals surface area contributed by atoms with Gasteiger partial charge in [-0.3, -0.25) is 19.1 Å². The zero-order chi connectivity index (χ0) is 22.6. The van der Waals surface area contributed by atoms with E-state index in [1.165, 1.54) is 37.7 Å². The molecule has 2 aromatic heterocycles. The Kier molecular flexibility index (Phi) is 6.58. The molecular weight excluding hydrogens is 412 g/mol. The number of aryl methyl sites for hydroxylation is 1. The highest BCUT2D eigenvalue weighted by Crippen LogP contribution is 2.29. The Labute approximate surface area is 195 Å². The van der Waals surface area contributed by atoms with Crippen molar-refractivity contribution < 1.29 is 4.79 Å². The standard InChI is InChI=1S/C26H34N6O/c1-20-6-5-7-21(18-20)25-26(32-13-12-27-19-23(32)29-25)28-11-10-24(33)31-16-14-30(15-17-31)22-8-3-2-4-9-22/h5-7,12-13,18-19,22,28H,2-4,8-11,14-17H2,1H3. The Balaban J connectivity index is 1.21. The van der Waals surface area contributed by atoms with Gasteiger partial charge in [0.25, 0.3) is 0 Å². The number of benzene rings is 1. The summed E-state index contributed by atoms with van der Waals surface area (Å²) < 4.78 is 2.01. The summed E-state index contributed by atoms with van der Waals surface area (Å²) in [5, 5.41) is 3.50. The smallest absolute Gasteiger partial charge is 0.224 e. The van der Waals surface area contributed by atoms with Gasteiger partial charge < -0.3 is 10.2 Å². The monoisotopic (exact) mass is 446 g/mol. The zero-order valence-corrected chi connectivity index (χ0v) is 19.5. The zero-order valence-electron chi connectivity index (χ0n) is 19.5. The summed E-state index contributed by atoms with van der Waals surface area (Å²) in [7, 11) is 0. The largest absolute Gasteiger partial charge is 0.369 e. The van der Waals surface area contributed by atoms with Crippen molar-refractivity contribution in [3.63, 3.8) is 0 Å². The molecule has 1 aromatic carbocycles. The van der Waals surface area contributed by atoms with Gasteiger partial charge in [-0.25, -0.2) is 4.98 Å². The molecule has 2 fully saturated rings. The van der Waals surface area contributed by atoms with Crippen molar-refractivity contribution >= 4 is 17.4 Å². The summed E-state index contributed by atoms with van der Waals surface area (Å²) in [6.07, 6.45) is 12.7. The van der Waals surface area contributed by atoms with E-state index in [-0.39, 0.29) is 5.91 Å². The van der Waals surface area contributed by atoms with Crippen LogP contribution in [-0.2, 0) is 4.79 Å². The average Bonchev–Trinajstić information content (AvgIpc) is 3.23. The molecule has 0 radical (unpaired) electrons. The van der Waals surface area contributed by atoms with Crippen molar-refractivity contribution in [2.45, 2.75) is 51.5 Å². The highest BCUT2D eigenvalue weighted by Gasteiger charge is 2.27. The molecule has 1 saturated carbocycles. The Bertz CT molecular complexity index is 1100. The second-order valence-corrected chi connectivity index (χ2v) is 9.37. The van der Waals surface area contributed by atoms with Crippen LogP contribution in [0.25, 0.3) is 16.9 Å².